The van der Waals surface area contributed by atoms with Gasteiger partial charge in [-0.15, -0.1) is 0 Å². The van der Waals surface area contributed by atoms with Gasteiger partial charge in [0.1, 0.15) is 5.82 Å². The molecule has 3 aliphatic rings. The second-order valence-corrected chi connectivity index (χ2v) is 5.31. The Bertz CT molecular complexity index is 521. The van der Waals surface area contributed by atoms with Crippen LogP contribution in [0.5, 0.6) is 0 Å². The molecule has 1 aromatic heterocycles. The average molecular weight is 273 g/mol. The second-order valence-electron chi connectivity index (χ2n) is 5.31. The van der Waals surface area contributed by atoms with Crippen molar-refractivity contribution in [3.8, 4) is 0 Å². The predicted octanol–water partition coefficient (Wildman–Crippen LogP) is 1.91. The van der Waals surface area contributed by atoms with Crippen LogP contribution in [0.2, 0.25) is 0 Å². The largest absolute Gasteiger partial charge is 0.481 e. The topological polar surface area (TPSA) is 75.1 Å². The van der Waals surface area contributed by atoms with Crippen molar-refractivity contribution >= 4 is 11.8 Å². The number of halogens is 3. The molecule has 8 heteroatoms. The minimum absolute atomic E-state index is 0.242. The van der Waals surface area contributed by atoms with Crippen molar-refractivity contribution in [2.75, 3.05) is 5.32 Å². The van der Waals surface area contributed by atoms with Gasteiger partial charge in [-0.25, -0.2) is 9.97 Å². The third-order valence-corrected chi connectivity index (χ3v) is 3.82. The molecule has 0 spiro atoms. The quantitative estimate of drug-likeness (QED) is 0.880. The molecule has 0 aromatic carbocycles. The highest BCUT2D eigenvalue weighted by atomic mass is 19.4. The van der Waals surface area contributed by atoms with Crippen LogP contribution in [0.15, 0.2) is 12.4 Å². The molecule has 19 heavy (non-hydrogen) atoms. The molecule has 3 fully saturated rings. The van der Waals surface area contributed by atoms with E-state index in [1.54, 1.807) is 0 Å². The van der Waals surface area contributed by atoms with Crippen molar-refractivity contribution in [1.82, 2.24) is 9.97 Å². The fourth-order valence-electron chi connectivity index (χ4n) is 2.96. The molecular formula is C11H10F3N3O2. The number of carboxylic acid groups (broad SMARTS) is 1. The first-order chi connectivity index (χ1) is 8.75. The van der Waals surface area contributed by atoms with Gasteiger partial charge >= 0.3 is 12.1 Å². The number of aliphatic carboxylic acids is 1. The molecule has 0 amide bonds. The summed E-state index contributed by atoms with van der Waals surface area (Å²) in [5.74, 6) is -0.568. The maximum atomic E-state index is 12.3. The van der Waals surface area contributed by atoms with Crippen LogP contribution >= 0.6 is 0 Å². The Balaban J connectivity index is 1.66. The van der Waals surface area contributed by atoms with Crippen molar-refractivity contribution in [3.63, 3.8) is 0 Å². The third kappa shape index (κ3) is 1.73. The van der Waals surface area contributed by atoms with Crippen LogP contribution < -0.4 is 5.32 Å². The summed E-state index contributed by atoms with van der Waals surface area (Å²) in [4.78, 5) is 17.9. The smallest absolute Gasteiger partial charge is 0.434 e. The standard InChI is InChI=1S/C11H10F3N3O2/c12-11(13,14)6-1-16-7(2-15-6)17-10-3-9(4-10,5-10)8(18)19/h1-2H,3-5H2,(H,16,17)(H,18,19). The maximum absolute atomic E-state index is 12.3. The van der Waals surface area contributed by atoms with E-state index in [1.165, 1.54) is 0 Å². The Kier molecular flexibility index (Phi) is 2.16. The van der Waals surface area contributed by atoms with Gasteiger partial charge in [-0.3, -0.25) is 4.79 Å². The summed E-state index contributed by atoms with van der Waals surface area (Å²) >= 11 is 0. The summed E-state index contributed by atoms with van der Waals surface area (Å²) < 4.78 is 36.9. The first-order valence-electron chi connectivity index (χ1n) is 5.66. The molecule has 3 aliphatic carbocycles. The molecule has 1 aromatic rings. The van der Waals surface area contributed by atoms with E-state index in [2.05, 4.69) is 15.3 Å². The second kappa shape index (κ2) is 3.37. The number of nitrogens with one attached hydrogen (secondary N) is 1. The summed E-state index contributed by atoms with van der Waals surface area (Å²) in [5, 5.41) is 11.9. The Labute approximate surface area is 105 Å². The SMILES string of the molecule is O=C(O)C12CC(Nc3cnc(C(F)(F)F)cn3)(C1)C2. The van der Waals surface area contributed by atoms with Gasteiger partial charge in [-0.1, -0.05) is 0 Å². The zero-order valence-electron chi connectivity index (χ0n) is 9.66. The number of nitrogens with zero attached hydrogens (tertiary/aromatic N) is 2. The number of rotatable bonds is 3. The van der Waals surface area contributed by atoms with Gasteiger partial charge < -0.3 is 10.4 Å². The number of alkyl halides is 3. The molecule has 0 atom stereocenters. The Hall–Kier alpha value is -1.86. The van der Waals surface area contributed by atoms with Gasteiger partial charge in [0.05, 0.1) is 17.8 Å². The van der Waals surface area contributed by atoms with Crippen molar-refractivity contribution in [2.45, 2.75) is 31.0 Å². The monoisotopic (exact) mass is 273 g/mol. The molecule has 0 radical (unpaired) electrons. The molecular weight excluding hydrogens is 263 g/mol. The number of carbonyl (C=O) groups is 1. The summed E-state index contributed by atoms with van der Waals surface area (Å²) in [6.45, 7) is 0. The van der Waals surface area contributed by atoms with Crippen molar-refractivity contribution in [2.24, 2.45) is 5.41 Å². The maximum Gasteiger partial charge on any atom is 0.434 e. The molecule has 3 saturated carbocycles. The van der Waals surface area contributed by atoms with E-state index in [4.69, 9.17) is 5.11 Å². The highest BCUT2D eigenvalue weighted by molar-refractivity contribution is 5.81. The van der Waals surface area contributed by atoms with Gasteiger partial charge in [0.15, 0.2) is 5.69 Å². The molecule has 4 rings (SSSR count). The molecule has 2 bridgehead atoms. The average Bonchev–Trinajstić information content (AvgIpc) is 2.20. The molecule has 1 heterocycles. The van der Waals surface area contributed by atoms with Crippen LogP contribution in [0.3, 0.4) is 0 Å². The minimum Gasteiger partial charge on any atom is -0.481 e. The normalized spacial score (nSPS) is 32.2. The van der Waals surface area contributed by atoms with E-state index in [1.807, 2.05) is 0 Å². The lowest BCUT2D eigenvalue weighted by molar-refractivity contribution is -0.186. The third-order valence-electron chi connectivity index (χ3n) is 3.82. The van der Waals surface area contributed by atoms with Crippen molar-refractivity contribution < 1.29 is 23.1 Å². The lowest BCUT2D eigenvalue weighted by Gasteiger charge is -2.68. The lowest BCUT2D eigenvalue weighted by Crippen LogP contribution is -2.73. The number of hydrogen-bond donors (Lipinski definition) is 2. The zero-order chi connectivity index (χ0) is 13.9. The van der Waals surface area contributed by atoms with Crippen LogP contribution in [-0.2, 0) is 11.0 Å². The summed E-state index contributed by atoms with van der Waals surface area (Å²) in [6, 6.07) is 0. The fourth-order valence-corrected chi connectivity index (χ4v) is 2.96. The molecule has 0 unspecified atom stereocenters. The number of hydrogen-bond acceptors (Lipinski definition) is 4. The molecule has 5 nitrogen and oxygen atoms in total. The molecule has 0 saturated heterocycles. The van der Waals surface area contributed by atoms with Gasteiger partial charge in [0, 0.05) is 5.54 Å². The van der Waals surface area contributed by atoms with Crippen LogP contribution in [0.1, 0.15) is 25.0 Å². The van der Waals surface area contributed by atoms with Gasteiger partial charge in [-0.05, 0) is 19.3 Å². The van der Waals surface area contributed by atoms with E-state index in [0.717, 1.165) is 6.20 Å². The molecule has 0 aliphatic heterocycles. The van der Waals surface area contributed by atoms with Crippen LogP contribution in [0.4, 0.5) is 19.0 Å². The first kappa shape index (κ1) is 12.2. The summed E-state index contributed by atoms with van der Waals surface area (Å²) in [7, 11) is 0. The first-order valence-corrected chi connectivity index (χ1v) is 5.66. The van der Waals surface area contributed by atoms with E-state index in [0.29, 0.717) is 25.5 Å². The Morgan fingerprint density at radius 2 is 1.89 bits per heavy atom. The van der Waals surface area contributed by atoms with Crippen molar-refractivity contribution in [3.05, 3.63) is 18.1 Å². The van der Waals surface area contributed by atoms with Crippen LogP contribution in [0.25, 0.3) is 0 Å². The zero-order valence-corrected chi connectivity index (χ0v) is 9.66. The fraction of sp³-hybridized carbons (Fsp3) is 0.545. The number of carboxylic acids is 1. The lowest BCUT2D eigenvalue weighted by atomic mass is 9.39. The van der Waals surface area contributed by atoms with E-state index >= 15 is 0 Å². The number of anilines is 1. The highest BCUT2D eigenvalue weighted by Gasteiger charge is 2.72. The summed E-state index contributed by atoms with van der Waals surface area (Å²) in [5.41, 5.74) is -2.00. The van der Waals surface area contributed by atoms with Gasteiger partial charge in [0.25, 0.3) is 0 Å². The van der Waals surface area contributed by atoms with E-state index < -0.39 is 23.3 Å². The highest BCUT2D eigenvalue weighted by Crippen LogP contribution is 2.68. The number of aromatic nitrogens is 2. The predicted molar refractivity (Wildman–Crippen MR) is 57.3 cm³/mol. The van der Waals surface area contributed by atoms with Gasteiger partial charge in [0.2, 0.25) is 0 Å². The van der Waals surface area contributed by atoms with Crippen LogP contribution in [-0.4, -0.2) is 26.6 Å². The molecule has 2 N–H and O–H groups in total. The summed E-state index contributed by atoms with van der Waals surface area (Å²) in [6.07, 6.45) is -1.36. The van der Waals surface area contributed by atoms with E-state index in [-0.39, 0.29) is 11.4 Å². The van der Waals surface area contributed by atoms with E-state index in [9.17, 15) is 18.0 Å². The molecule has 102 valence electrons. The minimum atomic E-state index is -4.50. The Morgan fingerprint density at radius 3 is 2.32 bits per heavy atom. The van der Waals surface area contributed by atoms with Gasteiger partial charge in [-0.2, -0.15) is 13.2 Å². The van der Waals surface area contributed by atoms with Crippen molar-refractivity contribution in [1.29, 1.82) is 0 Å². The van der Waals surface area contributed by atoms with Crippen LogP contribution in [0, 0.1) is 5.41 Å². The Morgan fingerprint density at radius 1 is 1.26 bits per heavy atom.